The summed E-state index contributed by atoms with van der Waals surface area (Å²) in [6.45, 7) is 7.00. The minimum absolute atomic E-state index is 0.0565. The number of carbonyl (C=O) groups excluding carboxylic acids is 2. The molecule has 0 saturated carbocycles. The standard InChI is InChI=1S/C13H22N2O3/c1-9(5-11(3)16)14-7-13(18)8-15-10(2)6-12(4)17/h13,18H,5-8H2,1-4H3. The van der Waals surface area contributed by atoms with E-state index in [2.05, 4.69) is 9.98 Å². The van der Waals surface area contributed by atoms with Crippen LogP contribution in [0.15, 0.2) is 9.98 Å². The van der Waals surface area contributed by atoms with Crippen LogP contribution in [0, 0.1) is 0 Å². The molecule has 0 aromatic heterocycles. The molecule has 18 heavy (non-hydrogen) atoms. The minimum atomic E-state index is -0.672. The van der Waals surface area contributed by atoms with E-state index in [-0.39, 0.29) is 24.7 Å². The highest BCUT2D eigenvalue weighted by molar-refractivity contribution is 6.00. The number of Topliss-reactive ketones (excluding diaryl/α,β-unsaturated/α-hetero) is 2. The summed E-state index contributed by atoms with van der Waals surface area (Å²) in [7, 11) is 0. The van der Waals surface area contributed by atoms with E-state index in [0.717, 1.165) is 0 Å². The third-order valence-electron chi connectivity index (χ3n) is 2.15. The Balaban J connectivity index is 4.08. The molecule has 1 N–H and O–H groups in total. The summed E-state index contributed by atoms with van der Waals surface area (Å²) in [6, 6.07) is 0. The molecule has 0 aromatic rings. The first-order valence-corrected chi connectivity index (χ1v) is 5.98. The van der Waals surface area contributed by atoms with Gasteiger partial charge in [0.25, 0.3) is 0 Å². The van der Waals surface area contributed by atoms with Crippen LogP contribution in [0.2, 0.25) is 0 Å². The van der Waals surface area contributed by atoms with Crippen LogP contribution in [0.1, 0.15) is 40.5 Å². The average Bonchev–Trinajstić information content (AvgIpc) is 2.21. The summed E-state index contributed by atoms with van der Waals surface area (Å²) >= 11 is 0. The van der Waals surface area contributed by atoms with Gasteiger partial charge in [0.1, 0.15) is 11.6 Å². The smallest absolute Gasteiger partial charge is 0.135 e. The van der Waals surface area contributed by atoms with E-state index in [9.17, 15) is 14.7 Å². The van der Waals surface area contributed by atoms with Gasteiger partial charge in [0.05, 0.1) is 19.2 Å². The van der Waals surface area contributed by atoms with Gasteiger partial charge in [-0.25, -0.2) is 0 Å². The Morgan fingerprint density at radius 2 is 1.22 bits per heavy atom. The van der Waals surface area contributed by atoms with E-state index in [4.69, 9.17) is 0 Å². The molecule has 5 heteroatoms. The maximum absolute atomic E-state index is 10.8. The highest BCUT2D eigenvalue weighted by atomic mass is 16.3. The van der Waals surface area contributed by atoms with Crippen molar-refractivity contribution < 1.29 is 14.7 Å². The molecule has 0 aliphatic carbocycles. The Kier molecular flexibility index (Phi) is 8.03. The fourth-order valence-electron chi connectivity index (χ4n) is 1.41. The average molecular weight is 254 g/mol. The molecule has 0 aliphatic rings. The van der Waals surface area contributed by atoms with E-state index in [0.29, 0.717) is 24.3 Å². The zero-order valence-corrected chi connectivity index (χ0v) is 11.6. The van der Waals surface area contributed by atoms with E-state index < -0.39 is 6.10 Å². The molecule has 0 radical (unpaired) electrons. The Labute approximate surface area is 108 Å². The van der Waals surface area contributed by atoms with Crippen LogP contribution in [-0.2, 0) is 9.59 Å². The lowest BCUT2D eigenvalue weighted by Gasteiger charge is -2.06. The first-order chi connectivity index (χ1) is 8.31. The van der Waals surface area contributed by atoms with Crippen molar-refractivity contribution in [2.45, 2.75) is 46.6 Å². The third-order valence-corrected chi connectivity index (χ3v) is 2.15. The molecule has 0 amide bonds. The molecule has 0 atom stereocenters. The van der Waals surface area contributed by atoms with Crippen molar-refractivity contribution in [3.8, 4) is 0 Å². The molecule has 0 aromatic carbocycles. The highest BCUT2D eigenvalue weighted by Crippen LogP contribution is 1.94. The van der Waals surface area contributed by atoms with Crippen molar-refractivity contribution >= 4 is 23.0 Å². The van der Waals surface area contributed by atoms with Gasteiger partial charge in [0, 0.05) is 24.3 Å². The van der Waals surface area contributed by atoms with E-state index in [1.807, 2.05) is 0 Å². The first kappa shape index (κ1) is 16.6. The van der Waals surface area contributed by atoms with Crippen molar-refractivity contribution in [3.05, 3.63) is 0 Å². The van der Waals surface area contributed by atoms with Crippen LogP contribution in [0.25, 0.3) is 0 Å². The van der Waals surface area contributed by atoms with Crippen LogP contribution in [0.3, 0.4) is 0 Å². The van der Waals surface area contributed by atoms with Gasteiger partial charge in [0.15, 0.2) is 0 Å². The summed E-state index contributed by atoms with van der Waals surface area (Å²) in [6.07, 6.45) is -0.0348. The fraction of sp³-hybridized carbons (Fsp3) is 0.692. The largest absolute Gasteiger partial charge is 0.389 e. The van der Waals surface area contributed by atoms with Gasteiger partial charge < -0.3 is 5.11 Å². The molecule has 0 fully saturated rings. The van der Waals surface area contributed by atoms with Crippen LogP contribution in [-0.4, -0.2) is 47.3 Å². The van der Waals surface area contributed by atoms with Crippen LogP contribution >= 0.6 is 0 Å². The SMILES string of the molecule is CC(=O)CC(C)=NCC(O)CN=C(C)CC(C)=O. The van der Waals surface area contributed by atoms with Gasteiger partial charge in [-0.05, 0) is 27.7 Å². The van der Waals surface area contributed by atoms with Crippen molar-refractivity contribution in [3.63, 3.8) is 0 Å². The molecular formula is C13H22N2O3. The van der Waals surface area contributed by atoms with Gasteiger partial charge in [-0.3, -0.25) is 19.6 Å². The second kappa shape index (κ2) is 8.69. The number of aliphatic hydroxyl groups excluding tert-OH is 1. The maximum Gasteiger partial charge on any atom is 0.135 e. The number of nitrogens with zero attached hydrogens (tertiary/aromatic N) is 2. The predicted octanol–water partition coefficient (Wildman–Crippen LogP) is 1.23. The number of ketones is 2. The van der Waals surface area contributed by atoms with Gasteiger partial charge in [-0.1, -0.05) is 0 Å². The van der Waals surface area contributed by atoms with Gasteiger partial charge in [-0.2, -0.15) is 0 Å². The number of hydrogen-bond donors (Lipinski definition) is 1. The molecular weight excluding hydrogens is 232 g/mol. The zero-order chi connectivity index (χ0) is 14.1. The number of hydrogen-bond acceptors (Lipinski definition) is 5. The molecule has 0 aliphatic heterocycles. The lowest BCUT2D eigenvalue weighted by atomic mass is 10.2. The molecule has 0 saturated heterocycles. The third kappa shape index (κ3) is 9.84. The Bertz CT molecular complexity index is 325. The number of aliphatic imine (C=N–C) groups is 2. The number of rotatable bonds is 8. The van der Waals surface area contributed by atoms with Crippen LogP contribution < -0.4 is 0 Å². The lowest BCUT2D eigenvalue weighted by molar-refractivity contribution is -0.116. The van der Waals surface area contributed by atoms with E-state index in [1.54, 1.807) is 13.8 Å². The first-order valence-electron chi connectivity index (χ1n) is 5.98. The molecule has 0 unspecified atom stereocenters. The minimum Gasteiger partial charge on any atom is -0.389 e. The van der Waals surface area contributed by atoms with Gasteiger partial charge in [0.2, 0.25) is 0 Å². The maximum atomic E-state index is 10.8. The van der Waals surface area contributed by atoms with E-state index >= 15 is 0 Å². The van der Waals surface area contributed by atoms with E-state index in [1.165, 1.54) is 13.8 Å². The second-order valence-corrected chi connectivity index (χ2v) is 4.56. The summed E-state index contributed by atoms with van der Waals surface area (Å²) in [5, 5.41) is 9.63. The monoisotopic (exact) mass is 254 g/mol. The van der Waals surface area contributed by atoms with Crippen LogP contribution in [0.4, 0.5) is 0 Å². The molecule has 0 heterocycles. The Morgan fingerprint density at radius 3 is 1.50 bits per heavy atom. The second-order valence-electron chi connectivity index (χ2n) is 4.56. The molecule has 0 rings (SSSR count). The summed E-state index contributed by atoms with van der Waals surface area (Å²) in [5.41, 5.74) is 1.43. The molecule has 0 spiro atoms. The quantitative estimate of drug-likeness (QED) is 0.661. The predicted molar refractivity (Wildman–Crippen MR) is 72.6 cm³/mol. The van der Waals surface area contributed by atoms with Gasteiger partial charge in [-0.15, -0.1) is 0 Å². The summed E-state index contributed by atoms with van der Waals surface area (Å²) < 4.78 is 0. The Morgan fingerprint density at radius 1 is 0.889 bits per heavy atom. The molecule has 102 valence electrons. The number of aliphatic hydroxyl groups is 1. The van der Waals surface area contributed by atoms with Crippen molar-refractivity contribution in [1.29, 1.82) is 0 Å². The molecule has 0 bridgehead atoms. The van der Waals surface area contributed by atoms with Gasteiger partial charge >= 0.3 is 0 Å². The highest BCUT2D eigenvalue weighted by Gasteiger charge is 2.04. The normalized spacial score (nSPS) is 14.5. The van der Waals surface area contributed by atoms with Crippen molar-refractivity contribution in [1.82, 2.24) is 0 Å². The summed E-state index contributed by atoms with van der Waals surface area (Å²) in [4.78, 5) is 29.9. The number of carbonyl (C=O) groups is 2. The molecule has 5 nitrogen and oxygen atoms in total. The zero-order valence-electron chi connectivity index (χ0n) is 11.6. The summed E-state index contributed by atoms with van der Waals surface area (Å²) in [5.74, 6) is 0.113. The topological polar surface area (TPSA) is 79.1 Å². The lowest BCUT2D eigenvalue weighted by Crippen LogP contribution is -2.17. The van der Waals surface area contributed by atoms with Crippen molar-refractivity contribution in [2.24, 2.45) is 9.98 Å². The van der Waals surface area contributed by atoms with Crippen molar-refractivity contribution in [2.75, 3.05) is 13.1 Å². The van der Waals surface area contributed by atoms with Crippen LogP contribution in [0.5, 0.6) is 0 Å². The Hall–Kier alpha value is -1.36. The fourth-order valence-corrected chi connectivity index (χ4v) is 1.41.